The summed E-state index contributed by atoms with van der Waals surface area (Å²) in [6.45, 7) is 6.86. The lowest BCUT2D eigenvalue weighted by Crippen LogP contribution is -2.22. The molecule has 3 N–H and O–H groups in total. The van der Waals surface area contributed by atoms with Gasteiger partial charge in [0.2, 0.25) is 0 Å². The molecule has 1 heterocycles. The number of anilines is 1. The normalized spacial score (nSPS) is 18.6. The van der Waals surface area contributed by atoms with E-state index < -0.39 is 0 Å². The second kappa shape index (κ2) is 5.40. The van der Waals surface area contributed by atoms with Crippen LogP contribution in [0.3, 0.4) is 0 Å². The van der Waals surface area contributed by atoms with Gasteiger partial charge < -0.3 is 10.6 Å². The Kier molecular flexibility index (Phi) is 3.58. The van der Waals surface area contributed by atoms with E-state index in [-0.39, 0.29) is 5.84 Å². The van der Waals surface area contributed by atoms with Crippen molar-refractivity contribution in [2.24, 2.45) is 17.6 Å². The van der Waals surface area contributed by atoms with Crippen molar-refractivity contribution in [3.8, 4) is 0 Å². The molecule has 0 saturated carbocycles. The number of nitrogen functional groups attached to an aromatic ring is 1. The first kappa shape index (κ1) is 13.9. The van der Waals surface area contributed by atoms with Crippen molar-refractivity contribution in [3.63, 3.8) is 0 Å². The fraction of sp³-hybridized carbons (Fsp3) is 0.389. The van der Waals surface area contributed by atoms with Crippen LogP contribution in [0.2, 0.25) is 0 Å². The summed E-state index contributed by atoms with van der Waals surface area (Å²) in [5.74, 6) is 1.65. The van der Waals surface area contributed by atoms with Gasteiger partial charge in [-0.05, 0) is 35.8 Å². The smallest absolute Gasteiger partial charge is 0.123 e. The molecule has 1 aliphatic rings. The molecular weight excluding hydrogens is 258 g/mol. The summed E-state index contributed by atoms with van der Waals surface area (Å²) in [6.07, 6.45) is 1.26. The maximum Gasteiger partial charge on any atom is 0.123 e. The van der Waals surface area contributed by atoms with E-state index in [9.17, 15) is 0 Å². The number of nitrogens with two attached hydrogens (primary N) is 1. The molecule has 1 unspecified atom stereocenters. The molecule has 0 amide bonds. The third-order valence-corrected chi connectivity index (χ3v) is 4.70. The topological polar surface area (TPSA) is 53.1 Å². The van der Waals surface area contributed by atoms with Crippen LogP contribution in [0.25, 0.3) is 10.8 Å². The van der Waals surface area contributed by atoms with E-state index >= 15 is 0 Å². The molecule has 0 spiro atoms. The van der Waals surface area contributed by atoms with E-state index in [4.69, 9.17) is 11.1 Å². The van der Waals surface area contributed by atoms with Gasteiger partial charge in [-0.2, -0.15) is 0 Å². The molecule has 3 heteroatoms. The number of benzene rings is 2. The van der Waals surface area contributed by atoms with Crippen molar-refractivity contribution in [1.82, 2.24) is 0 Å². The van der Waals surface area contributed by atoms with Gasteiger partial charge in [0.15, 0.2) is 0 Å². The molecule has 1 fully saturated rings. The second-order valence-corrected chi connectivity index (χ2v) is 6.33. The van der Waals surface area contributed by atoms with Crippen LogP contribution in [0.1, 0.15) is 25.8 Å². The first-order valence-corrected chi connectivity index (χ1v) is 7.69. The predicted molar refractivity (Wildman–Crippen MR) is 90.1 cm³/mol. The largest absolute Gasteiger partial charge is 0.384 e. The van der Waals surface area contributed by atoms with Gasteiger partial charge in [-0.1, -0.05) is 38.1 Å². The minimum absolute atomic E-state index is 0.138. The molecule has 1 atom stereocenters. The summed E-state index contributed by atoms with van der Waals surface area (Å²) >= 11 is 0. The Morgan fingerprint density at radius 3 is 2.52 bits per heavy atom. The van der Waals surface area contributed by atoms with E-state index in [2.05, 4.69) is 43.0 Å². The molecule has 2 aromatic carbocycles. The summed E-state index contributed by atoms with van der Waals surface area (Å²) in [6, 6.07) is 12.4. The van der Waals surface area contributed by atoms with Gasteiger partial charge in [-0.3, -0.25) is 5.41 Å². The zero-order valence-corrected chi connectivity index (χ0v) is 12.8. The zero-order valence-electron chi connectivity index (χ0n) is 12.8. The van der Waals surface area contributed by atoms with Crippen LogP contribution in [-0.2, 0) is 0 Å². The maximum absolute atomic E-state index is 7.75. The molecule has 21 heavy (non-hydrogen) atoms. The fourth-order valence-electron chi connectivity index (χ4n) is 3.34. The van der Waals surface area contributed by atoms with Crippen molar-refractivity contribution >= 4 is 22.3 Å². The van der Waals surface area contributed by atoms with Crippen LogP contribution in [0.4, 0.5) is 5.69 Å². The minimum atomic E-state index is 0.138. The number of fused-ring (bicyclic) bond motifs is 1. The van der Waals surface area contributed by atoms with Crippen molar-refractivity contribution in [2.75, 3.05) is 18.0 Å². The number of rotatable bonds is 3. The van der Waals surface area contributed by atoms with Gasteiger partial charge in [0, 0.05) is 29.7 Å². The monoisotopic (exact) mass is 281 g/mol. The number of nitrogens with zero attached hydrogens (tertiary/aromatic N) is 1. The van der Waals surface area contributed by atoms with Gasteiger partial charge in [0.1, 0.15) is 5.84 Å². The molecule has 2 aromatic rings. The van der Waals surface area contributed by atoms with E-state index in [1.165, 1.54) is 17.5 Å². The van der Waals surface area contributed by atoms with Gasteiger partial charge in [0.05, 0.1) is 0 Å². The first-order valence-electron chi connectivity index (χ1n) is 7.69. The molecule has 3 nitrogen and oxygen atoms in total. The third-order valence-electron chi connectivity index (χ3n) is 4.70. The average molecular weight is 281 g/mol. The molecular formula is C18H23N3. The Labute approximate surface area is 126 Å². The zero-order chi connectivity index (χ0) is 15.0. The molecule has 0 aliphatic carbocycles. The fourth-order valence-corrected chi connectivity index (χ4v) is 3.34. The van der Waals surface area contributed by atoms with Crippen LogP contribution in [0, 0.1) is 17.2 Å². The summed E-state index contributed by atoms with van der Waals surface area (Å²) in [4.78, 5) is 2.48. The number of hydrogen-bond acceptors (Lipinski definition) is 2. The molecule has 1 saturated heterocycles. The number of hydrogen-bond donors (Lipinski definition) is 2. The Morgan fingerprint density at radius 1 is 1.19 bits per heavy atom. The summed E-state index contributed by atoms with van der Waals surface area (Å²) in [7, 11) is 0. The van der Waals surface area contributed by atoms with E-state index in [1.807, 2.05) is 12.1 Å². The van der Waals surface area contributed by atoms with Crippen LogP contribution >= 0.6 is 0 Å². The van der Waals surface area contributed by atoms with Crippen LogP contribution < -0.4 is 10.6 Å². The highest BCUT2D eigenvalue weighted by atomic mass is 15.2. The standard InChI is InChI=1S/C18H23N3/c1-12(2)13-9-10-21(11-13)17-8-7-16(18(19)20)14-5-3-4-6-15(14)17/h3-8,12-13H,9-11H2,1-2H3,(H3,19,20). The first-order chi connectivity index (χ1) is 10.1. The van der Waals surface area contributed by atoms with Crippen LogP contribution in [-0.4, -0.2) is 18.9 Å². The Balaban J connectivity index is 2.05. The minimum Gasteiger partial charge on any atom is -0.384 e. The third kappa shape index (κ3) is 2.48. The highest BCUT2D eigenvalue weighted by Crippen LogP contribution is 2.34. The number of amidine groups is 1. The molecule has 0 aromatic heterocycles. The molecule has 0 bridgehead atoms. The second-order valence-electron chi connectivity index (χ2n) is 6.33. The SMILES string of the molecule is CC(C)C1CCN(c2ccc(C(=N)N)c3ccccc23)C1. The van der Waals surface area contributed by atoms with Gasteiger partial charge in [-0.15, -0.1) is 0 Å². The van der Waals surface area contributed by atoms with Crippen molar-refractivity contribution in [3.05, 3.63) is 42.0 Å². The van der Waals surface area contributed by atoms with Gasteiger partial charge >= 0.3 is 0 Å². The molecule has 0 radical (unpaired) electrons. The van der Waals surface area contributed by atoms with E-state index in [1.54, 1.807) is 0 Å². The molecule has 1 aliphatic heterocycles. The lowest BCUT2D eigenvalue weighted by Gasteiger charge is -2.22. The van der Waals surface area contributed by atoms with Crippen molar-refractivity contribution < 1.29 is 0 Å². The van der Waals surface area contributed by atoms with Crippen LogP contribution in [0.15, 0.2) is 36.4 Å². The lowest BCUT2D eigenvalue weighted by atomic mass is 9.95. The Bertz CT molecular complexity index is 675. The van der Waals surface area contributed by atoms with Crippen molar-refractivity contribution in [2.45, 2.75) is 20.3 Å². The van der Waals surface area contributed by atoms with Crippen LogP contribution in [0.5, 0.6) is 0 Å². The average Bonchev–Trinajstić information content (AvgIpc) is 2.95. The predicted octanol–water partition coefficient (Wildman–Crippen LogP) is 3.61. The summed E-state index contributed by atoms with van der Waals surface area (Å²) in [5.41, 5.74) is 7.82. The highest BCUT2D eigenvalue weighted by molar-refractivity contribution is 6.10. The highest BCUT2D eigenvalue weighted by Gasteiger charge is 2.26. The molecule has 110 valence electrons. The summed E-state index contributed by atoms with van der Waals surface area (Å²) in [5, 5.41) is 10.0. The molecule has 3 rings (SSSR count). The lowest BCUT2D eigenvalue weighted by molar-refractivity contribution is 0.423. The summed E-state index contributed by atoms with van der Waals surface area (Å²) < 4.78 is 0. The van der Waals surface area contributed by atoms with Gasteiger partial charge in [0.25, 0.3) is 0 Å². The maximum atomic E-state index is 7.75. The Hall–Kier alpha value is -2.03. The Morgan fingerprint density at radius 2 is 1.90 bits per heavy atom. The van der Waals surface area contributed by atoms with E-state index in [0.717, 1.165) is 35.9 Å². The van der Waals surface area contributed by atoms with Gasteiger partial charge in [-0.25, -0.2) is 0 Å². The van der Waals surface area contributed by atoms with Crippen molar-refractivity contribution in [1.29, 1.82) is 5.41 Å². The number of nitrogens with one attached hydrogen (secondary N) is 1. The van der Waals surface area contributed by atoms with E-state index in [0.29, 0.717) is 0 Å². The quantitative estimate of drug-likeness (QED) is 0.667.